The van der Waals surface area contributed by atoms with Crippen molar-refractivity contribution in [2.45, 2.75) is 13.3 Å². The van der Waals surface area contributed by atoms with Gasteiger partial charge in [-0.1, -0.05) is 146 Å². The number of benzene rings is 6. The molecule has 0 aliphatic carbocycles. The first-order valence-corrected chi connectivity index (χ1v) is 13.8. The zero-order chi connectivity index (χ0) is 27.5. The molecule has 0 saturated carbocycles. The Morgan fingerprint density at radius 3 is 1.98 bits per heavy atom. The molecule has 0 aromatic heterocycles. The molecule has 0 saturated heterocycles. The topological polar surface area (TPSA) is 0 Å². The van der Waals surface area contributed by atoms with Gasteiger partial charge in [0, 0.05) is 0 Å². The van der Waals surface area contributed by atoms with Gasteiger partial charge in [0.15, 0.2) is 0 Å². The van der Waals surface area contributed by atoms with Crippen LogP contribution in [-0.4, -0.2) is 0 Å². The first-order chi connectivity index (χ1) is 19.6. The molecule has 6 aromatic carbocycles. The van der Waals surface area contributed by atoms with Gasteiger partial charge in [-0.15, -0.1) is 0 Å². The van der Waals surface area contributed by atoms with Gasteiger partial charge in [0.2, 0.25) is 0 Å². The van der Waals surface area contributed by atoms with E-state index in [1.165, 1.54) is 54.6 Å². The van der Waals surface area contributed by atoms with Gasteiger partial charge in [0.1, 0.15) is 0 Å². The van der Waals surface area contributed by atoms with Crippen LogP contribution in [0, 0.1) is 0 Å². The monoisotopic (exact) mass is 512 g/mol. The number of hydrogen-bond donors (Lipinski definition) is 0. The van der Waals surface area contributed by atoms with Gasteiger partial charge in [-0.3, -0.25) is 0 Å². The minimum atomic E-state index is 0.808. The summed E-state index contributed by atoms with van der Waals surface area (Å²) in [6.45, 7) is 10.6. The first kappa shape index (κ1) is 25.3. The molecule has 0 bridgehead atoms. The minimum Gasteiger partial charge on any atom is -0.0955 e. The highest BCUT2D eigenvalue weighted by Gasteiger charge is 2.17. The standard InChI is InChI=1S/C40H32/c1-4-13-28(2)14-12-15-29(3)32-24-25-37-38(27-32)40(34-23-22-30-16-8-9-19-33(30)26-34)36-21-11-10-20-35(36)39(37)31-17-6-5-7-18-31/h4-13,15-27H,2-3,14H2,1H3/b13-4-,15-12-. The minimum absolute atomic E-state index is 0.808. The number of allylic oxidation sites excluding steroid dienone is 6. The van der Waals surface area contributed by atoms with Crippen molar-refractivity contribution in [1.82, 2.24) is 0 Å². The Morgan fingerprint density at radius 2 is 1.23 bits per heavy atom. The van der Waals surface area contributed by atoms with E-state index in [1.807, 2.05) is 13.0 Å². The molecule has 192 valence electrons. The molecule has 0 amide bonds. The summed E-state index contributed by atoms with van der Waals surface area (Å²) in [7, 11) is 0. The second kappa shape index (κ2) is 11.0. The summed E-state index contributed by atoms with van der Waals surface area (Å²) in [5.41, 5.74) is 8.18. The van der Waals surface area contributed by atoms with E-state index in [0.717, 1.165) is 23.1 Å². The van der Waals surface area contributed by atoms with Gasteiger partial charge in [-0.2, -0.15) is 0 Å². The van der Waals surface area contributed by atoms with Crippen molar-refractivity contribution in [3.05, 3.63) is 164 Å². The summed E-state index contributed by atoms with van der Waals surface area (Å²) in [5, 5.41) is 7.49. The number of rotatable bonds is 7. The highest BCUT2D eigenvalue weighted by Crippen LogP contribution is 2.44. The maximum absolute atomic E-state index is 4.43. The van der Waals surface area contributed by atoms with Crippen molar-refractivity contribution in [3.8, 4) is 22.3 Å². The molecule has 6 aromatic rings. The molecule has 0 aliphatic rings. The summed E-state index contributed by atoms with van der Waals surface area (Å²) >= 11 is 0. The molecule has 6 rings (SSSR count). The van der Waals surface area contributed by atoms with Crippen LogP contribution in [0.3, 0.4) is 0 Å². The number of fused-ring (bicyclic) bond motifs is 3. The fourth-order valence-corrected chi connectivity index (χ4v) is 5.70. The second-order valence-corrected chi connectivity index (χ2v) is 10.3. The Morgan fingerprint density at radius 1 is 0.575 bits per heavy atom. The third kappa shape index (κ3) is 4.81. The largest absolute Gasteiger partial charge is 0.0955 e. The molecule has 0 spiro atoms. The maximum atomic E-state index is 4.43. The van der Waals surface area contributed by atoms with Gasteiger partial charge in [0.25, 0.3) is 0 Å². The van der Waals surface area contributed by atoms with Crippen molar-refractivity contribution < 1.29 is 0 Å². The van der Waals surface area contributed by atoms with Crippen molar-refractivity contribution in [1.29, 1.82) is 0 Å². The third-order valence-corrected chi connectivity index (χ3v) is 7.60. The predicted octanol–water partition coefficient (Wildman–Crippen LogP) is 11.6. The van der Waals surface area contributed by atoms with Crippen molar-refractivity contribution in [2.24, 2.45) is 0 Å². The third-order valence-electron chi connectivity index (χ3n) is 7.60. The van der Waals surface area contributed by atoms with E-state index in [0.29, 0.717) is 0 Å². The molecule has 0 heterocycles. The van der Waals surface area contributed by atoms with Crippen LogP contribution >= 0.6 is 0 Å². The summed E-state index contributed by atoms with van der Waals surface area (Å²) in [4.78, 5) is 0. The Bertz CT molecular complexity index is 1950. The summed E-state index contributed by atoms with van der Waals surface area (Å²) in [5.74, 6) is 0. The van der Waals surface area contributed by atoms with Crippen LogP contribution in [0.2, 0.25) is 0 Å². The summed E-state index contributed by atoms with van der Waals surface area (Å²) in [6, 6.07) is 41.8. The van der Waals surface area contributed by atoms with Gasteiger partial charge in [-0.25, -0.2) is 0 Å². The van der Waals surface area contributed by atoms with Crippen LogP contribution in [0.4, 0.5) is 0 Å². The Labute approximate surface area is 236 Å². The van der Waals surface area contributed by atoms with Crippen LogP contribution in [0.15, 0.2) is 158 Å². The lowest BCUT2D eigenvalue weighted by molar-refractivity contribution is 1.30. The van der Waals surface area contributed by atoms with Crippen LogP contribution in [0.1, 0.15) is 18.9 Å². The van der Waals surface area contributed by atoms with Crippen LogP contribution < -0.4 is 0 Å². The van der Waals surface area contributed by atoms with Gasteiger partial charge < -0.3 is 0 Å². The van der Waals surface area contributed by atoms with E-state index in [-0.39, 0.29) is 0 Å². The highest BCUT2D eigenvalue weighted by molar-refractivity contribution is 6.22. The Hall–Kier alpha value is -4.94. The van der Waals surface area contributed by atoms with Crippen LogP contribution in [0.5, 0.6) is 0 Å². The smallest absolute Gasteiger partial charge is 0.00259 e. The molecule has 0 unspecified atom stereocenters. The quantitative estimate of drug-likeness (QED) is 0.147. The van der Waals surface area contributed by atoms with E-state index in [2.05, 4.69) is 147 Å². The fraction of sp³-hybridized carbons (Fsp3) is 0.0500. The van der Waals surface area contributed by atoms with Crippen LogP contribution in [-0.2, 0) is 0 Å². The molecule has 0 fully saturated rings. The van der Waals surface area contributed by atoms with Gasteiger partial charge in [0.05, 0.1) is 0 Å². The van der Waals surface area contributed by atoms with Crippen LogP contribution in [0.25, 0.3) is 60.1 Å². The highest BCUT2D eigenvalue weighted by atomic mass is 14.2. The van der Waals surface area contributed by atoms with E-state index < -0.39 is 0 Å². The zero-order valence-electron chi connectivity index (χ0n) is 22.9. The normalized spacial score (nSPS) is 11.7. The molecule has 0 radical (unpaired) electrons. The molecule has 0 atom stereocenters. The average molecular weight is 513 g/mol. The molecular formula is C40H32. The molecule has 0 nitrogen and oxygen atoms in total. The SMILES string of the molecule is C=C(/C=C\C)C/C=C\C(=C)c1ccc2c(-c3ccccc3)c3ccccc3c(-c3ccc4ccccc4c3)c2c1. The van der Waals surface area contributed by atoms with E-state index in [9.17, 15) is 0 Å². The fourth-order valence-electron chi connectivity index (χ4n) is 5.70. The zero-order valence-corrected chi connectivity index (χ0v) is 22.9. The van der Waals surface area contributed by atoms with E-state index in [1.54, 1.807) is 0 Å². The van der Waals surface area contributed by atoms with E-state index >= 15 is 0 Å². The average Bonchev–Trinajstić information content (AvgIpc) is 2.99. The second-order valence-electron chi connectivity index (χ2n) is 10.3. The van der Waals surface area contributed by atoms with Gasteiger partial charge in [-0.05, 0) is 91.2 Å². The lowest BCUT2D eigenvalue weighted by Gasteiger charge is -2.19. The first-order valence-electron chi connectivity index (χ1n) is 13.8. The maximum Gasteiger partial charge on any atom is -0.00259 e. The molecular weight excluding hydrogens is 480 g/mol. The summed E-state index contributed by atoms with van der Waals surface area (Å²) in [6.07, 6.45) is 9.15. The van der Waals surface area contributed by atoms with Crippen molar-refractivity contribution in [3.63, 3.8) is 0 Å². The van der Waals surface area contributed by atoms with Crippen molar-refractivity contribution >= 4 is 37.9 Å². The Balaban J connectivity index is 1.62. The van der Waals surface area contributed by atoms with Crippen molar-refractivity contribution in [2.75, 3.05) is 0 Å². The molecule has 40 heavy (non-hydrogen) atoms. The lowest BCUT2D eigenvalue weighted by atomic mass is 9.84. The van der Waals surface area contributed by atoms with E-state index in [4.69, 9.17) is 0 Å². The number of hydrogen-bond acceptors (Lipinski definition) is 0. The molecule has 0 N–H and O–H groups in total. The summed E-state index contributed by atoms with van der Waals surface area (Å²) < 4.78 is 0. The predicted molar refractivity (Wildman–Crippen MR) is 177 cm³/mol. The molecule has 0 heteroatoms. The lowest BCUT2D eigenvalue weighted by Crippen LogP contribution is -1.92. The Kier molecular flexibility index (Phi) is 7.00. The molecule has 0 aliphatic heterocycles. The van der Waals surface area contributed by atoms with Gasteiger partial charge >= 0.3 is 0 Å².